The van der Waals surface area contributed by atoms with E-state index in [0.717, 1.165) is 16.5 Å². The molecule has 0 unspecified atom stereocenters. The van der Waals surface area contributed by atoms with E-state index >= 15 is 0 Å². The Morgan fingerprint density at radius 1 is 1.31 bits per heavy atom. The van der Waals surface area contributed by atoms with Gasteiger partial charge in [0.15, 0.2) is 0 Å². The highest BCUT2D eigenvalue weighted by molar-refractivity contribution is 5.82. The van der Waals surface area contributed by atoms with Crippen LogP contribution < -0.4 is 0 Å². The van der Waals surface area contributed by atoms with Gasteiger partial charge in [-0.2, -0.15) is 0 Å². The summed E-state index contributed by atoms with van der Waals surface area (Å²) >= 11 is 0. The van der Waals surface area contributed by atoms with Gasteiger partial charge in [0, 0.05) is 10.9 Å². The molecule has 0 amide bonds. The van der Waals surface area contributed by atoms with Gasteiger partial charge in [-0.3, -0.25) is 0 Å². The van der Waals surface area contributed by atoms with E-state index in [1.165, 1.54) is 5.56 Å². The van der Waals surface area contributed by atoms with Gasteiger partial charge in [-0.25, -0.2) is 0 Å². The molecule has 0 saturated carbocycles. The Balaban J connectivity index is 2.76. The molecular formula is C11H12O2. The van der Waals surface area contributed by atoms with Crippen LogP contribution in [-0.4, -0.2) is 5.11 Å². The van der Waals surface area contributed by atoms with Crippen LogP contribution in [0.3, 0.4) is 0 Å². The quantitative estimate of drug-likeness (QED) is 0.724. The van der Waals surface area contributed by atoms with E-state index in [0.29, 0.717) is 5.76 Å². The van der Waals surface area contributed by atoms with E-state index in [-0.39, 0.29) is 6.61 Å². The minimum Gasteiger partial charge on any atom is -0.458 e. The number of aryl methyl sites for hydroxylation is 2. The lowest BCUT2D eigenvalue weighted by molar-refractivity contribution is 0.250. The molecule has 0 aliphatic carbocycles. The Labute approximate surface area is 76.8 Å². The summed E-state index contributed by atoms with van der Waals surface area (Å²) in [4.78, 5) is 0. The first-order chi connectivity index (χ1) is 6.22. The first-order valence-electron chi connectivity index (χ1n) is 4.32. The van der Waals surface area contributed by atoms with E-state index in [1.54, 1.807) is 0 Å². The standard InChI is InChI=1S/C11H12O2/c1-7-3-4-9-8(2)11(6-12)13-10(9)5-7/h3-5,12H,6H2,1-2H3. The largest absolute Gasteiger partial charge is 0.458 e. The third-order valence-electron chi connectivity index (χ3n) is 2.34. The van der Waals surface area contributed by atoms with Crippen molar-refractivity contribution in [2.45, 2.75) is 20.5 Å². The molecular weight excluding hydrogens is 164 g/mol. The van der Waals surface area contributed by atoms with Crippen LogP contribution in [0.2, 0.25) is 0 Å². The summed E-state index contributed by atoms with van der Waals surface area (Å²) in [6, 6.07) is 6.07. The molecule has 0 atom stereocenters. The van der Waals surface area contributed by atoms with Crippen molar-refractivity contribution >= 4 is 11.0 Å². The zero-order valence-corrected chi connectivity index (χ0v) is 7.79. The maximum atomic E-state index is 9.00. The van der Waals surface area contributed by atoms with Crippen LogP contribution in [0, 0.1) is 13.8 Å². The van der Waals surface area contributed by atoms with Gasteiger partial charge in [0.2, 0.25) is 0 Å². The molecule has 0 spiro atoms. The monoisotopic (exact) mass is 176 g/mol. The highest BCUT2D eigenvalue weighted by atomic mass is 16.4. The van der Waals surface area contributed by atoms with Crippen LogP contribution in [0.15, 0.2) is 22.6 Å². The highest BCUT2D eigenvalue weighted by Gasteiger charge is 2.08. The summed E-state index contributed by atoms with van der Waals surface area (Å²) in [6.45, 7) is 3.96. The summed E-state index contributed by atoms with van der Waals surface area (Å²) in [5.74, 6) is 0.667. The van der Waals surface area contributed by atoms with Crippen molar-refractivity contribution in [3.05, 3.63) is 35.1 Å². The Hall–Kier alpha value is -1.28. The van der Waals surface area contributed by atoms with E-state index in [1.807, 2.05) is 32.0 Å². The fraction of sp³-hybridized carbons (Fsp3) is 0.273. The molecule has 2 nitrogen and oxygen atoms in total. The Morgan fingerprint density at radius 3 is 2.77 bits per heavy atom. The van der Waals surface area contributed by atoms with Crippen molar-refractivity contribution in [1.82, 2.24) is 0 Å². The van der Waals surface area contributed by atoms with Crippen LogP contribution in [0.1, 0.15) is 16.9 Å². The van der Waals surface area contributed by atoms with Gasteiger partial charge < -0.3 is 9.52 Å². The lowest BCUT2D eigenvalue weighted by Crippen LogP contribution is -1.80. The molecule has 2 heteroatoms. The van der Waals surface area contributed by atoms with Crippen LogP contribution in [0.5, 0.6) is 0 Å². The number of hydrogen-bond acceptors (Lipinski definition) is 2. The molecule has 0 aliphatic rings. The van der Waals surface area contributed by atoms with Gasteiger partial charge in [-0.1, -0.05) is 12.1 Å². The normalized spacial score (nSPS) is 11.0. The van der Waals surface area contributed by atoms with Crippen molar-refractivity contribution < 1.29 is 9.52 Å². The summed E-state index contributed by atoms with van der Waals surface area (Å²) in [5.41, 5.74) is 3.07. The predicted molar refractivity (Wildman–Crippen MR) is 51.6 cm³/mol. The van der Waals surface area contributed by atoms with Crippen LogP contribution >= 0.6 is 0 Å². The van der Waals surface area contributed by atoms with Crippen molar-refractivity contribution in [1.29, 1.82) is 0 Å². The highest BCUT2D eigenvalue weighted by Crippen LogP contribution is 2.25. The summed E-state index contributed by atoms with van der Waals surface area (Å²) in [6.07, 6.45) is 0. The molecule has 1 aromatic heterocycles. The maximum absolute atomic E-state index is 9.00. The third-order valence-corrected chi connectivity index (χ3v) is 2.34. The molecule has 1 heterocycles. The Morgan fingerprint density at radius 2 is 2.08 bits per heavy atom. The first-order valence-corrected chi connectivity index (χ1v) is 4.32. The van der Waals surface area contributed by atoms with Crippen LogP contribution in [0.4, 0.5) is 0 Å². The van der Waals surface area contributed by atoms with Gasteiger partial charge in [-0.15, -0.1) is 0 Å². The topological polar surface area (TPSA) is 33.4 Å². The maximum Gasteiger partial charge on any atom is 0.134 e. The van der Waals surface area contributed by atoms with Gasteiger partial charge in [0.05, 0.1) is 0 Å². The van der Waals surface area contributed by atoms with Gasteiger partial charge in [0.25, 0.3) is 0 Å². The molecule has 2 aromatic rings. The number of rotatable bonds is 1. The fourth-order valence-electron chi connectivity index (χ4n) is 1.53. The summed E-state index contributed by atoms with van der Waals surface area (Å²) < 4.78 is 5.48. The SMILES string of the molecule is Cc1ccc2c(C)c(CO)oc2c1. The molecule has 0 aliphatic heterocycles. The second-order valence-corrected chi connectivity index (χ2v) is 3.31. The molecule has 13 heavy (non-hydrogen) atoms. The number of hydrogen-bond donors (Lipinski definition) is 1. The van der Waals surface area contributed by atoms with Crippen molar-refractivity contribution in [3.8, 4) is 0 Å². The Kier molecular flexibility index (Phi) is 1.85. The first kappa shape index (κ1) is 8.32. The average molecular weight is 176 g/mol. The average Bonchev–Trinajstić information content (AvgIpc) is 2.42. The van der Waals surface area contributed by atoms with Crippen LogP contribution in [0.25, 0.3) is 11.0 Å². The number of benzene rings is 1. The molecule has 1 N–H and O–H groups in total. The number of fused-ring (bicyclic) bond motifs is 1. The fourth-order valence-corrected chi connectivity index (χ4v) is 1.53. The molecule has 0 radical (unpaired) electrons. The van der Waals surface area contributed by atoms with E-state index in [9.17, 15) is 0 Å². The molecule has 0 fully saturated rings. The van der Waals surface area contributed by atoms with Crippen molar-refractivity contribution in [2.24, 2.45) is 0 Å². The van der Waals surface area contributed by atoms with E-state index in [4.69, 9.17) is 9.52 Å². The van der Waals surface area contributed by atoms with Crippen molar-refractivity contribution in [2.75, 3.05) is 0 Å². The minimum absolute atomic E-state index is 0.0282. The molecule has 0 saturated heterocycles. The summed E-state index contributed by atoms with van der Waals surface area (Å²) in [5, 5.41) is 10.1. The zero-order valence-electron chi connectivity index (χ0n) is 7.79. The molecule has 68 valence electrons. The van der Waals surface area contributed by atoms with Gasteiger partial charge in [-0.05, 0) is 25.5 Å². The van der Waals surface area contributed by atoms with Gasteiger partial charge >= 0.3 is 0 Å². The second kappa shape index (κ2) is 2.89. The molecule has 0 bridgehead atoms. The second-order valence-electron chi connectivity index (χ2n) is 3.31. The third kappa shape index (κ3) is 1.23. The Bertz CT molecular complexity index is 441. The smallest absolute Gasteiger partial charge is 0.134 e. The van der Waals surface area contributed by atoms with Gasteiger partial charge in [0.1, 0.15) is 18.0 Å². The lowest BCUT2D eigenvalue weighted by atomic mass is 10.1. The molecule has 2 rings (SSSR count). The van der Waals surface area contributed by atoms with E-state index in [2.05, 4.69) is 0 Å². The van der Waals surface area contributed by atoms with E-state index < -0.39 is 0 Å². The number of aliphatic hydroxyl groups excluding tert-OH is 1. The molecule has 1 aromatic carbocycles. The lowest BCUT2D eigenvalue weighted by Gasteiger charge is -1.91. The van der Waals surface area contributed by atoms with Crippen molar-refractivity contribution in [3.63, 3.8) is 0 Å². The number of aliphatic hydroxyl groups is 1. The zero-order chi connectivity index (χ0) is 9.42. The number of furan rings is 1. The van der Waals surface area contributed by atoms with Crippen LogP contribution in [-0.2, 0) is 6.61 Å². The minimum atomic E-state index is -0.0282. The summed E-state index contributed by atoms with van der Waals surface area (Å²) in [7, 11) is 0. The predicted octanol–water partition coefficient (Wildman–Crippen LogP) is 2.54.